The van der Waals surface area contributed by atoms with Crippen molar-refractivity contribution < 1.29 is 9.18 Å². The zero-order valence-corrected chi connectivity index (χ0v) is 19.4. The van der Waals surface area contributed by atoms with Crippen molar-refractivity contribution in [3.63, 3.8) is 0 Å². The Morgan fingerprint density at radius 3 is 2.65 bits per heavy atom. The average Bonchev–Trinajstić information content (AvgIpc) is 3.63. The van der Waals surface area contributed by atoms with E-state index in [0.29, 0.717) is 28.7 Å². The van der Waals surface area contributed by atoms with Crippen LogP contribution in [0.4, 0.5) is 27.5 Å². The quantitative estimate of drug-likeness (QED) is 0.408. The summed E-state index contributed by atoms with van der Waals surface area (Å²) in [5, 5.41) is 12.9. The smallest absolute Gasteiger partial charge is 0.255 e. The van der Waals surface area contributed by atoms with E-state index in [0.717, 1.165) is 38.0 Å². The molecule has 0 spiro atoms. The number of amides is 1. The molecule has 0 unspecified atom stereocenters. The standard InChI is InChI=1S/C26H29FN6O/c1-26(2,27)21-4-3-5-22(31-21)32-24-20(25(34)30-18-8-9-18)10-11-23(33-24)29-19-7-6-17-15-28-13-12-16(17)14-19/h3-7,10-11,14,18,28H,8-9,12-13,15H2,1-2H3,(H,30,34)(H2,29,31,32,33). The van der Waals surface area contributed by atoms with Crippen LogP contribution >= 0.6 is 0 Å². The summed E-state index contributed by atoms with van der Waals surface area (Å²) >= 11 is 0. The predicted molar refractivity (Wildman–Crippen MR) is 132 cm³/mol. The van der Waals surface area contributed by atoms with Crippen molar-refractivity contribution >= 4 is 29.0 Å². The van der Waals surface area contributed by atoms with Crippen LogP contribution in [0.15, 0.2) is 48.5 Å². The molecule has 0 bridgehead atoms. The number of carbonyl (C=O) groups is 1. The lowest BCUT2D eigenvalue weighted by atomic mass is 10.0. The van der Waals surface area contributed by atoms with Gasteiger partial charge in [0.15, 0.2) is 0 Å². The molecule has 3 aromatic rings. The number of rotatable bonds is 7. The molecule has 1 fully saturated rings. The summed E-state index contributed by atoms with van der Waals surface area (Å²) < 4.78 is 14.4. The van der Waals surface area contributed by atoms with Gasteiger partial charge in [-0.2, -0.15) is 0 Å². The lowest BCUT2D eigenvalue weighted by molar-refractivity contribution is 0.0951. The van der Waals surface area contributed by atoms with Crippen molar-refractivity contribution in [1.82, 2.24) is 20.6 Å². The van der Waals surface area contributed by atoms with E-state index in [2.05, 4.69) is 43.4 Å². The Labute approximate surface area is 198 Å². The highest BCUT2D eigenvalue weighted by Gasteiger charge is 2.26. The second-order valence-electron chi connectivity index (χ2n) is 9.38. The van der Waals surface area contributed by atoms with Gasteiger partial charge in [0.05, 0.1) is 11.3 Å². The van der Waals surface area contributed by atoms with Gasteiger partial charge in [-0.1, -0.05) is 12.1 Å². The molecular weight excluding hydrogens is 431 g/mol. The molecule has 1 aromatic carbocycles. The van der Waals surface area contributed by atoms with Crippen molar-refractivity contribution in [2.24, 2.45) is 0 Å². The first-order valence-electron chi connectivity index (χ1n) is 11.7. The van der Waals surface area contributed by atoms with E-state index in [4.69, 9.17) is 0 Å². The second kappa shape index (κ2) is 9.02. The highest BCUT2D eigenvalue weighted by molar-refractivity contribution is 6.00. The summed E-state index contributed by atoms with van der Waals surface area (Å²) in [6.45, 7) is 4.78. The van der Waals surface area contributed by atoms with Crippen molar-refractivity contribution in [3.05, 3.63) is 70.9 Å². The first kappa shape index (κ1) is 22.3. The Balaban J connectivity index is 1.44. The molecular formula is C26H29FN6O. The van der Waals surface area contributed by atoms with E-state index < -0.39 is 5.67 Å². The molecule has 5 rings (SSSR count). The van der Waals surface area contributed by atoms with E-state index in [-0.39, 0.29) is 11.9 Å². The molecule has 1 amide bonds. The van der Waals surface area contributed by atoms with Gasteiger partial charge in [0.2, 0.25) is 0 Å². The SMILES string of the molecule is CC(C)(F)c1cccc(Nc2nc(Nc3ccc4c(c3)CCNC4)ccc2C(=O)NC2CC2)n1. The zero-order chi connectivity index (χ0) is 23.7. The summed E-state index contributed by atoms with van der Waals surface area (Å²) in [5.74, 6) is 1.20. The first-order valence-corrected chi connectivity index (χ1v) is 11.7. The van der Waals surface area contributed by atoms with E-state index in [1.807, 2.05) is 6.07 Å². The van der Waals surface area contributed by atoms with Crippen LogP contribution in [0.1, 0.15) is 53.9 Å². The number of anilines is 4. The fourth-order valence-electron chi connectivity index (χ4n) is 3.96. The van der Waals surface area contributed by atoms with Crippen LogP contribution in [0.3, 0.4) is 0 Å². The number of benzene rings is 1. The Hall–Kier alpha value is -3.52. The first-order chi connectivity index (χ1) is 16.3. The number of aromatic nitrogens is 2. The van der Waals surface area contributed by atoms with Gasteiger partial charge in [-0.05, 0) is 87.2 Å². The molecule has 7 nitrogen and oxygen atoms in total. The third kappa shape index (κ3) is 5.17. The maximum Gasteiger partial charge on any atom is 0.255 e. The van der Waals surface area contributed by atoms with E-state index >= 15 is 0 Å². The second-order valence-corrected chi connectivity index (χ2v) is 9.38. The summed E-state index contributed by atoms with van der Waals surface area (Å²) in [6, 6.07) is 15.2. The van der Waals surface area contributed by atoms with Gasteiger partial charge in [0, 0.05) is 18.3 Å². The van der Waals surface area contributed by atoms with Crippen LogP contribution in [0.25, 0.3) is 0 Å². The predicted octanol–water partition coefficient (Wildman–Crippen LogP) is 4.71. The van der Waals surface area contributed by atoms with Crippen LogP contribution in [-0.2, 0) is 18.6 Å². The summed E-state index contributed by atoms with van der Waals surface area (Å²) in [6.07, 6.45) is 2.97. The molecule has 2 aromatic heterocycles. The number of pyridine rings is 2. The monoisotopic (exact) mass is 460 g/mol. The van der Waals surface area contributed by atoms with Gasteiger partial charge in [-0.25, -0.2) is 14.4 Å². The zero-order valence-electron chi connectivity index (χ0n) is 19.4. The van der Waals surface area contributed by atoms with Crippen molar-refractivity contribution in [1.29, 1.82) is 0 Å². The lowest BCUT2D eigenvalue weighted by Crippen LogP contribution is -2.26. The lowest BCUT2D eigenvalue weighted by Gasteiger charge is -2.19. The van der Waals surface area contributed by atoms with Gasteiger partial charge < -0.3 is 21.3 Å². The molecule has 0 radical (unpaired) electrons. The summed E-state index contributed by atoms with van der Waals surface area (Å²) in [5.41, 5.74) is 2.70. The molecule has 0 atom stereocenters. The van der Waals surface area contributed by atoms with Crippen LogP contribution in [-0.4, -0.2) is 28.5 Å². The normalized spacial score (nSPS) is 15.4. The summed E-state index contributed by atoms with van der Waals surface area (Å²) in [4.78, 5) is 21.9. The maximum atomic E-state index is 14.4. The summed E-state index contributed by atoms with van der Waals surface area (Å²) in [7, 11) is 0. The van der Waals surface area contributed by atoms with Crippen LogP contribution in [0.5, 0.6) is 0 Å². The van der Waals surface area contributed by atoms with Crippen molar-refractivity contribution in [2.75, 3.05) is 17.2 Å². The highest BCUT2D eigenvalue weighted by Crippen LogP contribution is 2.28. The number of alkyl halides is 1. The number of carbonyl (C=O) groups excluding carboxylic acids is 1. The number of fused-ring (bicyclic) bond motifs is 1. The number of hydrogen-bond donors (Lipinski definition) is 4. The van der Waals surface area contributed by atoms with Crippen LogP contribution < -0.4 is 21.3 Å². The molecule has 3 heterocycles. The van der Waals surface area contributed by atoms with E-state index in [1.165, 1.54) is 25.0 Å². The highest BCUT2D eigenvalue weighted by atomic mass is 19.1. The van der Waals surface area contributed by atoms with Crippen molar-refractivity contribution in [2.45, 2.75) is 51.4 Å². The topological polar surface area (TPSA) is 91.0 Å². The molecule has 4 N–H and O–H groups in total. The minimum absolute atomic E-state index is 0.188. The third-order valence-corrected chi connectivity index (χ3v) is 6.02. The Morgan fingerprint density at radius 2 is 1.85 bits per heavy atom. The molecule has 0 saturated heterocycles. The number of nitrogens with zero attached hydrogens (tertiary/aromatic N) is 2. The molecule has 1 aliphatic heterocycles. The Bertz CT molecular complexity index is 1220. The molecule has 34 heavy (non-hydrogen) atoms. The largest absolute Gasteiger partial charge is 0.349 e. The van der Waals surface area contributed by atoms with E-state index in [1.54, 1.807) is 30.3 Å². The third-order valence-electron chi connectivity index (χ3n) is 6.02. The minimum atomic E-state index is -1.58. The Morgan fingerprint density at radius 1 is 1.03 bits per heavy atom. The van der Waals surface area contributed by atoms with Gasteiger partial charge in [-0.15, -0.1) is 0 Å². The maximum absolute atomic E-state index is 14.4. The van der Waals surface area contributed by atoms with Gasteiger partial charge in [0.25, 0.3) is 5.91 Å². The van der Waals surface area contributed by atoms with Crippen molar-refractivity contribution in [3.8, 4) is 0 Å². The minimum Gasteiger partial charge on any atom is -0.349 e. The fourth-order valence-corrected chi connectivity index (χ4v) is 3.96. The van der Waals surface area contributed by atoms with Gasteiger partial charge >= 0.3 is 0 Å². The van der Waals surface area contributed by atoms with Gasteiger partial charge in [0.1, 0.15) is 23.1 Å². The van der Waals surface area contributed by atoms with Crippen LogP contribution in [0, 0.1) is 0 Å². The van der Waals surface area contributed by atoms with Crippen LogP contribution in [0.2, 0.25) is 0 Å². The molecule has 1 saturated carbocycles. The molecule has 2 aliphatic rings. The Kier molecular flexibility index (Phi) is 5.91. The average molecular weight is 461 g/mol. The van der Waals surface area contributed by atoms with E-state index in [9.17, 15) is 9.18 Å². The molecule has 8 heteroatoms. The molecule has 1 aliphatic carbocycles. The number of hydrogen-bond acceptors (Lipinski definition) is 6. The molecule has 176 valence electrons. The number of nitrogens with one attached hydrogen (secondary N) is 4. The number of halogens is 1. The fraction of sp³-hybridized carbons (Fsp3) is 0.346. The van der Waals surface area contributed by atoms with Gasteiger partial charge in [-0.3, -0.25) is 4.79 Å².